The van der Waals surface area contributed by atoms with E-state index in [-0.39, 0.29) is 18.6 Å². The number of benzene rings is 1. The molecule has 0 radical (unpaired) electrons. The van der Waals surface area contributed by atoms with Crippen molar-refractivity contribution in [2.24, 2.45) is 5.92 Å². The summed E-state index contributed by atoms with van der Waals surface area (Å²) in [6.07, 6.45) is 4.01. The van der Waals surface area contributed by atoms with E-state index in [0.29, 0.717) is 5.92 Å². The number of thiophene rings is 1. The molecule has 3 rings (SSSR count). The van der Waals surface area contributed by atoms with Crippen molar-refractivity contribution in [3.63, 3.8) is 0 Å². The van der Waals surface area contributed by atoms with Gasteiger partial charge >= 0.3 is 6.03 Å². The summed E-state index contributed by atoms with van der Waals surface area (Å²) in [7, 11) is 1.60. The van der Waals surface area contributed by atoms with Crippen LogP contribution in [-0.2, 0) is 0 Å². The van der Waals surface area contributed by atoms with Gasteiger partial charge in [0, 0.05) is 11.4 Å². The highest BCUT2D eigenvalue weighted by atomic mass is 32.1. The number of amides is 2. The standard InChI is InChI=1S/C20H26N2O3S/c1-25-16-10-8-14(9-11-16)17(23)13-21-20(24)22-19(15-5-2-3-6-15)18-7-4-12-26-18/h4,7-12,15,17,19,23H,2-3,5-6,13H2,1H3,(H2,21,22,24). The Kier molecular flexibility index (Phi) is 6.52. The Hall–Kier alpha value is -2.05. The van der Waals surface area contributed by atoms with Crippen molar-refractivity contribution in [2.45, 2.75) is 37.8 Å². The molecule has 1 aliphatic rings. The van der Waals surface area contributed by atoms with Gasteiger partial charge in [-0.3, -0.25) is 0 Å². The second-order valence-electron chi connectivity index (χ2n) is 6.68. The summed E-state index contributed by atoms with van der Waals surface area (Å²) >= 11 is 1.68. The van der Waals surface area contributed by atoms with Crippen molar-refractivity contribution in [1.29, 1.82) is 0 Å². The summed E-state index contributed by atoms with van der Waals surface area (Å²) in [6.45, 7) is 0.167. The summed E-state index contributed by atoms with van der Waals surface area (Å²) in [4.78, 5) is 13.6. The Bertz CT molecular complexity index is 682. The van der Waals surface area contributed by atoms with E-state index in [9.17, 15) is 9.90 Å². The van der Waals surface area contributed by atoms with Crippen LogP contribution in [0.25, 0.3) is 0 Å². The molecule has 2 amide bonds. The zero-order valence-corrected chi connectivity index (χ0v) is 15.8. The molecular formula is C20H26N2O3S. The SMILES string of the molecule is COc1ccc(C(O)CNC(=O)NC(c2cccs2)C2CCCC2)cc1. The third-order valence-corrected chi connectivity index (χ3v) is 5.92. The highest BCUT2D eigenvalue weighted by molar-refractivity contribution is 7.10. The first-order chi connectivity index (χ1) is 12.7. The molecule has 6 heteroatoms. The molecule has 140 valence electrons. The maximum Gasteiger partial charge on any atom is 0.315 e. The van der Waals surface area contributed by atoms with Crippen LogP contribution < -0.4 is 15.4 Å². The molecule has 3 N–H and O–H groups in total. The fraction of sp³-hybridized carbons (Fsp3) is 0.450. The Morgan fingerprint density at radius 3 is 2.62 bits per heavy atom. The number of hydrogen-bond donors (Lipinski definition) is 3. The van der Waals surface area contributed by atoms with Crippen LogP contribution in [0, 0.1) is 5.92 Å². The van der Waals surface area contributed by atoms with Crippen molar-refractivity contribution in [2.75, 3.05) is 13.7 Å². The van der Waals surface area contributed by atoms with Crippen LogP contribution in [0.15, 0.2) is 41.8 Å². The summed E-state index contributed by atoms with van der Waals surface area (Å²) in [5, 5.41) is 18.2. The maximum atomic E-state index is 12.4. The number of rotatable bonds is 7. The highest BCUT2D eigenvalue weighted by Gasteiger charge is 2.28. The van der Waals surface area contributed by atoms with E-state index >= 15 is 0 Å². The number of nitrogens with one attached hydrogen (secondary N) is 2. The molecule has 1 saturated carbocycles. The smallest absolute Gasteiger partial charge is 0.315 e. The van der Waals surface area contributed by atoms with Gasteiger partial charge in [-0.1, -0.05) is 31.0 Å². The van der Waals surface area contributed by atoms with Crippen molar-refractivity contribution < 1.29 is 14.6 Å². The molecule has 1 heterocycles. The molecule has 1 aromatic carbocycles. The molecule has 0 aliphatic heterocycles. The molecule has 0 saturated heterocycles. The lowest BCUT2D eigenvalue weighted by Crippen LogP contribution is -2.41. The van der Waals surface area contributed by atoms with E-state index in [2.05, 4.69) is 16.7 Å². The van der Waals surface area contributed by atoms with Gasteiger partial charge in [-0.25, -0.2) is 4.79 Å². The van der Waals surface area contributed by atoms with Crippen LogP contribution >= 0.6 is 11.3 Å². The Morgan fingerprint density at radius 1 is 1.27 bits per heavy atom. The quantitative estimate of drug-likeness (QED) is 0.685. The molecular weight excluding hydrogens is 348 g/mol. The van der Waals surface area contributed by atoms with Gasteiger partial charge in [0.1, 0.15) is 5.75 Å². The molecule has 0 bridgehead atoms. The van der Waals surface area contributed by atoms with Crippen LogP contribution in [0.3, 0.4) is 0 Å². The van der Waals surface area contributed by atoms with Gasteiger partial charge in [0.2, 0.25) is 0 Å². The zero-order valence-electron chi connectivity index (χ0n) is 15.0. The van der Waals surface area contributed by atoms with Crippen LogP contribution in [0.1, 0.15) is 48.3 Å². The van der Waals surface area contributed by atoms with Crippen molar-refractivity contribution >= 4 is 17.4 Å². The first kappa shape index (κ1) is 18.7. The molecule has 0 spiro atoms. The predicted octanol–water partition coefficient (Wildman–Crippen LogP) is 4.02. The van der Waals surface area contributed by atoms with Crippen LogP contribution in [0.4, 0.5) is 4.79 Å². The predicted molar refractivity (Wildman–Crippen MR) is 104 cm³/mol. The average Bonchev–Trinajstić information content (AvgIpc) is 3.38. The highest BCUT2D eigenvalue weighted by Crippen LogP contribution is 2.37. The van der Waals surface area contributed by atoms with Gasteiger partial charge in [0.15, 0.2) is 0 Å². The fourth-order valence-corrected chi connectivity index (χ4v) is 4.38. The lowest BCUT2D eigenvalue weighted by Gasteiger charge is -2.24. The number of methoxy groups -OCH3 is 1. The summed E-state index contributed by atoms with van der Waals surface area (Å²) < 4.78 is 5.11. The van der Waals surface area contributed by atoms with Crippen molar-refractivity contribution in [3.05, 3.63) is 52.2 Å². The fourth-order valence-electron chi connectivity index (χ4n) is 3.51. The van der Waals surface area contributed by atoms with Crippen molar-refractivity contribution in [3.8, 4) is 5.75 Å². The lowest BCUT2D eigenvalue weighted by molar-refractivity contribution is 0.171. The zero-order chi connectivity index (χ0) is 18.4. The van der Waals surface area contributed by atoms with Crippen molar-refractivity contribution in [1.82, 2.24) is 10.6 Å². The van der Waals surface area contributed by atoms with Crippen LogP contribution in [0.2, 0.25) is 0 Å². The largest absolute Gasteiger partial charge is 0.497 e. The van der Waals surface area contributed by atoms with Gasteiger partial charge in [-0.2, -0.15) is 0 Å². The summed E-state index contributed by atoms with van der Waals surface area (Å²) in [5.41, 5.74) is 0.747. The summed E-state index contributed by atoms with van der Waals surface area (Å²) in [6, 6.07) is 11.1. The van der Waals surface area contributed by atoms with E-state index in [1.807, 2.05) is 11.4 Å². The minimum atomic E-state index is -0.752. The van der Waals surface area contributed by atoms with E-state index in [0.717, 1.165) is 24.2 Å². The van der Waals surface area contributed by atoms with Crippen LogP contribution in [0.5, 0.6) is 5.75 Å². The first-order valence-corrected chi connectivity index (χ1v) is 9.95. The molecule has 2 atom stereocenters. The normalized spacial score (nSPS) is 16.8. The molecule has 1 aliphatic carbocycles. The monoisotopic (exact) mass is 374 g/mol. The van der Waals surface area contributed by atoms with E-state index in [1.54, 1.807) is 42.7 Å². The van der Waals surface area contributed by atoms with Crippen LogP contribution in [-0.4, -0.2) is 24.8 Å². The number of urea groups is 1. The van der Waals surface area contributed by atoms with Gasteiger partial charge in [0.25, 0.3) is 0 Å². The van der Waals surface area contributed by atoms with Gasteiger partial charge < -0.3 is 20.5 Å². The number of carbonyl (C=O) groups is 1. The molecule has 2 aromatic rings. The minimum absolute atomic E-state index is 0.0515. The Balaban J connectivity index is 1.54. The average molecular weight is 375 g/mol. The molecule has 26 heavy (non-hydrogen) atoms. The third kappa shape index (κ3) is 4.77. The summed E-state index contributed by atoms with van der Waals surface area (Å²) in [5.74, 6) is 1.23. The van der Waals surface area contributed by atoms with E-state index < -0.39 is 6.10 Å². The van der Waals surface area contributed by atoms with E-state index in [4.69, 9.17) is 4.74 Å². The maximum absolute atomic E-state index is 12.4. The molecule has 1 fully saturated rings. The first-order valence-electron chi connectivity index (χ1n) is 9.07. The third-order valence-electron chi connectivity index (χ3n) is 4.96. The molecule has 1 aromatic heterocycles. The van der Waals surface area contributed by atoms with Gasteiger partial charge in [-0.15, -0.1) is 11.3 Å². The minimum Gasteiger partial charge on any atom is -0.497 e. The van der Waals surface area contributed by atoms with Gasteiger partial charge in [-0.05, 0) is 47.9 Å². The Labute approximate surface area is 158 Å². The number of aliphatic hydroxyl groups excluding tert-OH is 1. The topological polar surface area (TPSA) is 70.6 Å². The second-order valence-corrected chi connectivity index (χ2v) is 7.66. The number of ether oxygens (including phenoxy) is 1. The second kappa shape index (κ2) is 9.05. The molecule has 5 nitrogen and oxygen atoms in total. The Morgan fingerprint density at radius 2 is 2.00 bits per heavy atom. The number of carbonyl (C=O) groups excluding carboxylic acids is 1. The lowest BCUT2D eigenvalue weighted by atomic mass is 9.97. The van der Waals surface area contributed by atoms with Gasteiger partial charge in [0.05, 0.1) is 19.3 Å². The van der Waals surface area contributed by atoms with E-state index in [1.165, 1.54) is 17.7 Å². The molecule has 2 unspecified atom stereocenters. The number of hydrogen-bond acceptors (Lipinski definition) is 4. The number of aliphatic hydroxyl groups is 1.